The fourth-order valence-corrected chi connectivity index (χ4v) is 5.66. The van der Waals surface area contributed by atoms with E-state index in [1.165, 1.54) is 16.9 Å². The van der Waals surface area contributed by atoms with Gasteiger partial charge in [-0.3, -0.25) is 4.79 Å². The summed E-state index contributed by atoms with van der Waals surface area (Å²) in [5.74, 6) is 0.844. The normalized spacial score (nSPS) is 21.9. The van der Waals surface area contributed by atoms with Gasteiger partial charge < -0.3 is 15.7 Å². The smallest absolute Gasteiger partial charge is 0.256 e. The highest BCUT2D eigenvalue weighted by Crippen LogP contribution is 2.47. The van der Waals surface area contributed by atoms with Gasteiger partial charge in [0.1, 0.15) is 16.9 Å². The zero-order valence-corrected chi connectivity index (χ0v) is 17.3. The number of rotatable bonds is 3. The van der Waals surface area contributed by atoms with E-state index in [-0.39, 0.29) is 11.7 Å². The predicted molar refractivity (Wildman–Crippen MR) is 111 cm³/mol. The van der Waals surface area contributed by atoms with Crippen LogP contribution in [-0.4, -0.2) is 11.0 Å². The van der Waals surface area contributed by atoms with Crippen LogP contribution in [0.15, 0.2) is 18.2 Å². The minimum absolute atomic E-state index is 0.0283. The van der Waals surface area contributed by atoms with Gasteiger partial charge in [0, 0.05) is 10.4 Å². The van der Waals surface area contributed by atoms with Crippen LogP contribution >= 0.6 is 11.3 Å². The summed E-state index contributed by atoms with van der Waals surface area (Å²) in [6.07, 6.45) is 3.96. The molecule has 4 rings (SSSR count). The number of nitrogens with one attached hydrogen (secondary N) is 2. The number of amides is 1. The van der Waals surface area contributed by atoms with Crippen LogP contribution in [0.2, 0.25) is 0 Å². The molecule has 2 aliphatic rings. The molecule has 1 amide bonds. The van der Waals surface area contributed by atoms with Gasteiger partial charge in [-0.2, -0.15) is 0 Å². The third-order valence-electron chi connectivity index (χ3n) is 6.56. The average molecular weight is 385 g/mol. The molecule has 0 fully saturated rings. The monoisotopic (exact) mass is 384 g/mol. The van der Waals surface area contributed by atoms with Crippen molar-refractivity contribution in [1.29, 1.82) is 0 Å². The zero-order valence-electron chi connectivity index (χ0n) is 16.5. The number of hydrogen-bond acceptors (Lipinski definition) is 4. The Morgan fingerprint density at radius 3 is 2.78 bits per heavy atom. The minimum atomic E-state index is -0.395. The van der Waals surface area contributed by atoms with Gasteiger partial charge in [-0.05, 0) is 54.7 Å². The molecule has 1 aliphatic carbocycles. The summed E-state index contributed by atoms with van der Waals surface area (Å²) < 4.78 is 0. The Balaban J connectivity index is 1.65. The largest absolute Gasteiger partial charge is 0.508 e. The zero-order chi connectivity index (χ0) is 19.3. The Morgan fingerprint density at radius 2 is 2.07 bits per heavy atom. The van der Waals surface area contributed by atoms with Crippen molar-refractivity contribution >= 4 is 22.2 Å². The van der Waals surface area contributed by atoms with Crippen LogP contribution in [0.3, 0.4) is 0 Å². The van der Waals surface area contributed by atoms with E-state index in [1.807, 2.05) is 19.1 Å². The third-order valence-corrected chi connectivity index (χ3v) is 7.74. The molecule has 0 bridgehead atoms. The van der Waals surface area contributed by atoms with E-state index in [4.69, 9.17) is 0 Å². The number of aromatic hydroxyl groups is 1. The standard InChI is InChI=1S/C22H28N2O2S/c1-5-22(3,4)13-7-9-15-17(11-13)27-21-18(15)20(26)23-19(24-21)14-8-6-12(2)10-16(14)25/h6,8,10,13,19,24-25H,5,7,9,11H2,1-4H3,(H,23,26). The number of thiophene rings is 1. The summed E-state index contributed by atoms with van der Waals surface area (Å²) in [5.41, 5.74) is 4.08. The van der Waals surface area contributed by atoms with Crippen molar-refractivity contribution < 1.29 is 9.90 Å². The molecule has 0 radical (unpaired) electrons. The average Bonchev–Trinajstić information content (AvgIpc) is 2.99. The van der Waals surface area contributed by atoms with Gasteiger partial charge in [0.25, 0.3) is 5.91 Å². The van der Waals surface area contributed by atoms with Gasteiger partial charge in [-0.15, -0.1) is 11.3 Å². The number of benzene rings is 1. The van der Waals surface area contributed by atoms with E-state index in [1.54, 1.807) is 17.4 Å². The summed E-state index contributed by atoms with van der Waals surface area (Å²) in [6, 6.07) is 5.56. The molecular formula is C22H28N2O2S. The van der Waals surface area contributed by atoms with Gasteiger partial charge in [-0.25, -0.2) is 0 Å². The van der Waals surface area contributed by atoms with E-state index in [0.717, 1.165) is 35.4 Å². The number of carbonyl (C=O) groups excluding carboxylic acids is 1. The number of carbonyl (C=O) groups is 1. The lowest BCUT2D eigenvalue weighted by atomic mass is 9.69. The molecule has 0 spiro atoms. The first kappa shape index (κ1) is 18.4. The Kier molecular flexibility index (Phi) is 4.46. The molecule has 27 heavy (non-hydrogen) atoms. The molecule has 2 unspecified atom stereocenters. The number of aryl methyl sites for hydroxylation is 1. The van der Waals surface area contributed by atoms with E-state index in [9.17, 15) is 9.90 Å². The van der Waals surface area contributed by atoms with E-state index >= 15 is 0 Å². The van der Waals surface area contributed by atoms with Crippen molar-refractivity contribution in [1.82, 2.24) is 5.32 Å². The Labute approximate surface area is 165 Å². The molecule has 1 aromatic carbocycles. The first-order chi connectivity index (χ1) is 12.8. The van der Waals surface area contributed by atoms with Crippen molar-refractivity contribution in [3.63, 3.8) is 0 Å². The highest BCUT2D eigenvalue weighted by molar-refractivity contribution is 7.16. The number of anilines is 1. The molecular weight excluding hydrogens is 356 g/mol. The van der Waals surface area contributed by atoms with Crippen LogP contribution < -0.4 is 10.6 Å². The van der Waals surface area contributed by atoms with Crippen LogP contribution in [0.25, 0.3) is 0 Å². The number of phenolic OH excluding ortho intramolecular Hbond substituents is 1. The minimum Gasteiger partial charge on any atom is -0.508 e. The Bertz CT molecular complexity index is 900. The second-order valence-electron chi connectivity index (χ2n) is 8.60. The second kappa shape index (κ2) is 6.55. The van der Waals surface area contributed by atoms with Crippen molar-refractivity contribution in [3.05, 3.63) is 45.3 Å². The molecule has 144 valence electrons. The first-order valence-electron chi connectivity index (χ1n) is 9.81. The fourth-order valence-electron chi connectivity index (χ4n) is 4.31. The lowest BCUT2D eigenvalue weighted by Gasteiger charge is -2.36. The van der Waals surface area contributed by atoms with Crippen LogP contribution in [-0.2, 0) is 12.8 Å². The van der Waals surface area contributed by atoms with Crippen LogP contribution in [0, 0.1) is 18.3 Å². The van der Waals surface area contributed by atoms with Gasteiger partial charge >= 0.3 is 0 Å². The molecule has 2 aromatic rings. The van der Waals surface area contributed by atoms with Gasteiger partial charge in [0.15, 0.2) is 0 Å². The fraction of sp³-hybridized carbons (Fsp3) is 0.500. The predicted octanol–water partition coefficient (Wildman–Crippen LogP) is 5.16. The van der Waals surface area contributed by atoms with Crippen molar-refractivity contribution in [2.75, 3.05) is 5.32 Å². The maximum absolute atomic E-state index is 12.9. The molecule has 4 nitrogen and oxygen atoms in total. The first-order valence-corrected chi connectivity index (χ1v) is 10.6. The second-order valence-corrected chi connectivity index (χ2v) is 9.71. The van der Waals surface area contributed by atoms with Gasteiger partial charge in [0.05, 0.1) is 5.56 Å². The van der Waals surface area contributed by atoms with Gasteiger partial charge in [0.2, 0.25) is 0 Å². The highest BCUT2D eigenvalue weighted by atomic mass is 32.1. The SMILES string of the molecule is CCC(C)(C)C1CCc2c(sc3c2C(=O)NC(c2ccc(C)cc2O)N3)C1. The number of hydrogen-bond donors (Lipinski definition) is 3. The van der Waals surface area contributed by atoms with Crippen molar-refractivity contribution in [2.24, 2.45) is 11.3 Å². The summed E-state index contributed by atoms with van der Waals surface area (Å²) >= 11 is 1.73. The third kappa shape index (κ3) is 3.12. The maximum atomic E-state index is 12.9. The molecule has 0 saturated heterocycles. The molecule has 2 heterocycles. The molecule has 0 saturated carbocycles. The van der Waals surface area contributed by atoms with Crippen LogP contribution in [0.1, 0.15) is 71.7 Å². The molecule has 1 aromatic heterocycles. The summed E-state index contributed by atoms with van der Waals surface area (Å²) in [4.78, 5) is 14.2. The summed E-state index contributed by atoms with van der Waals surface area (Å²) in [5, 5.41) is 17.7. The quantitative estimate of drug-likeness (QED) is 0.685. The molecule has 2 atom stereocenters. The van der Waals surface area contributed by atoms with Crippen LogP contribution in [0.4, 0.5) is 5.00 Å². The van der Waals surface area contributed by atoms with Gasteiger partial charge in [-0.1, -0.05) is 39.3 Å². The topological polar surface area (TPSA) is 61.4 Å². The molecule has 1 aliphatic heterocycles. The van der Waals surface area contributed by atoms with Crippen molar-refractivity contribution in [3.8, 4) is 5.75 Å². The van der Waals surface area contributed by atoms with E-state index < -0.39 is 6.17 Å². The number of fused-ring (bicyclic) bond motifs is 3. The maximum Gasteiger partial charge on any atom is 0.256 e. The summed E-state index contributed by atoms with van der Waals surface area (Å²) in [7, 11) is 0. The Hall–Kier alpha value is -2.01. The Morgan fingerprint density at radius 1 is 1.30 bits per heavy atom. The van der Waals surface area contributed by atoms with Crippen molar-refractivity contribution in [2.45, 2.75) is 59.5 Å². The molecule has 3 N–H and O–H groups in total. The summed E-state index contributed by atoms with van der Waals surface area (Å²) in [6.45, 7) is 8.92. The number of phenols is 1. The van der Waals surface area contributed by atoms with Crippen LogP contribution in [0.5, 0.6) is 5.75 Å². The lowest BCUT2D eigenvalue weighted by molar-refractivity contribution is 0.0934. The van der Waals surface area contributed by atoms with E-state index in [2.05, 4.69) is 31.4 Å². The van der Waals surface area contributed by atoms with E-state index in [0.29, 0.717) is 16.9 Å². The highest BCUT2D eigenvalue weighted by Gasteiger charge is 2.37. The molecule has 5 heteroatoms. The lowest BCUT2D eigenvalue weighted by Crippen LogP contribution is -2.38.